The van der Waals surface area contributed by atoms with Gasteiger partial charge in [-0.25, -0.2) is 36.2 Å². The summed E-state index contributed by atoms with van der Waals surface area (Å²) >= 11 is 0. The van der Waals surface area contributed by atoms with Crippen molar-refractivity contribution in [2.45, 2.75) is 22.8 Å². The molecule has 0 saturated heterocycles. The maximum Gasteiger partial charge on any atom is 0.333 e. The number of carbonyl (C=O) groups excluding carboxylic acids is 2. The summed E-state index contributed by atoms with van der Waals surface area (Å²) in [4.78, 5) is 33.4. The second-order valence-electron chi connectivity index (χ2n) is 8.09. The van der Waals surface area contributed by atoms with Crippen molar-refractivity contribution in [3.8, 4) is 0 Å². The smallest absolute Gasteiger partial charge is 0.307 e. The molecule has 3 rings (SSSR count). The number of non-ortho nitro benzene ring substituents is 1. The Balaban J connectivity index is 1.75. The van der Waals surface area contributed by atoms with Crippen molar-refractivity contribution in [1.29, 1.82) is 0 Å². The fraction of sp³-hybridized carbons (Fsp3) is 0.130. The summed E-state index contributed by atoms with van der Waals surface area (Å²) in [6.07, 6.45) is -0.398. The number of nitro benzene ring substituents is 1. The summed E-state index contributed by atoms with van der Waals surface area (Å²) in [7, 11) is -8.57. The van der Waals surface area contributed by atoms with Crippen LogP contribution in [0, 0.1) is 15.9 Å². The zero-order valence-electron chi connectivity index (χ0n) is 20.4. The molecule has 0 aliphatic carbocycles. The topological polar surface area (TPSA) is 205 Å². The number of nitrogens with one attached hydrogen (secondary N) is 3. The number of benzene rings is 3. The van der Waals surface area contributed by atoms with E-state index in [4.69, 9.17) is 5.21 Å². The molecule has 4 N–H and O–H groups in total. The van der Waals surface area contributed by atoms with Crippen molar-refractivity contribution in [2.24, 2.45) is 0 Å². The first-order valence-electron chi connectivity index (χ1n) is 11.2. The summed E-state index contributed by atoms with van der Waals surface area (Å²) in [5.41, 5.74) is 1.63. The first kappa shape index (κ1) is 30.1. The Morgan fingerprint density at radius 3 is 2.02 bits per heavy atom. The number of hydroxylamine groups is 1. The van der Waals surface area contributed by atoms with Gasteiger partial charge in [0, 0.05) is 37.3 Å². The van der Waals surface area contributed by atoms with Crippen LogP contribution in [0.5, 0.6) is 0 Å². The van der Waals surface area contributed by atoms with Gasteiger partial charge in [0.25, 0.3) is 15.7 Å². The van der Waals surface area contributed by atoms with Gasteiger partial charge < -0.3 is 5.32 Å². The van der Waals surface area contributed by atoms with Gasteiger partial charge in [-0.1, -0.05) is 12.1 Å². The molecule has 0 aliphatic heterocycles. The highest BCUT2D eigenvalue weighted by Gasteiger charge is 2.26. The van der Waals surface area contributed by atoms with E-state index in [9.17, 15) is 40.9 Å². The third kappa shape index (κ3) is 7.79. The number of carbonyl (C=O) groups is 2. The highest BCUT2D eigenvalue weighted by atomic mass is 32.2. The third-order valence-corrected chi connectivity index (χ3v) is 8.53. The molecule has 3 aromatic rings. The largest absolute Gasteiger partial charge is 0.333 e. The molecule has 0 unspecified atom stereocenters. The zero-order valence-corrected chi connectivity index (χ0v) is 22.0. The Morgan fingerprint density at radius 2 is 1.48 bits per heavy atom. The van der Waals surface area contributed by atoms with Crippen LogP contribution in [0.4, 0.5) is 20.6 Å². The third-order valence-electron chi connectivity index (χ3n) is 5.32. The zero-order chi connectivity index (χ0) is 29.5. The highest BCUT2D eigenvalue weighted by molar-refractivity contribution is 7.90. The van der Waals surface area contributed by atoms with Gasteiger partial charge in [-0.15, -0.1) is 0 Å². The van der Waals surface area contributed by atoms with Crippen LogP contribution in [0.2, 0.25) is 0 Å². The molecule has 0 heterocycles. The fourth-order valence-electron chi connectivity index (χ4n) is 3.30. The van der Waals surface area contributed by atoms with E-state index in [-0.39, 0.29) is 34.3 Å². The van der Waals surface area contributed by atoms with Crippen LogP contribution >= 0.6 is 0 Å². The van der Waals surface area contributed by atoms with Crippen molar-refractivity contribution in [2.75, 3.05) is 11.9 Å². The van der Waals surface area contributed by atoms with Crippen molar-refractivity contribution in [1.82, 2.24) is 14.5 Å². The van der Waals surface area contributed by atoms with E-state index >= 15 is 0 Å². The van der Waals surface area contributed by atoms with Crippen LogP contribution in [-0.4, -0.2) is 49.8 Å². The first-order valence-corrected chi connectivity index (χ1v) is 14.1. The van der Waals surface area contributed by atoms with Gasteiger partial charge in [0.1, 0.15) is 5.82 Å². The summed E-state index contributed by atoms with van der Waals surface area (Å²) in [5.74, 6) is -1.51. The lowest BCUT2D eigenvalue weighted by Gasteiger charge is -2.22. The molecule has 0 fully saturated rings. The number of sulfonamides is 2. The van der Waals surface area contributed by atoms with E-state index in [1.807, 2.05) is 0 Å². The highest BCUT2D eigenvalue weighted by Crippen LogP contribution is 2.22. The Kier molecular flexibility index (Phi) is 9.48. The van der Waals surface area contributed by atoms with Crippen molar-refractivity contribution in [3.63, 3.8) is 0 Å². The van der Waals surface area contributed by atoms with E-state index < -0.39 is 49.1 Å². The van der Waals surface area contributed by atoms with Gasteiger partial charge >= 0.3 is 6.03 Å². The molecule has 0 bridgehead atoms. The molecule has 17 heteroatoms. The lowest BCUT2D eigenvalue weighted by Crippen LogP contribution is -2.35. The predicted octanol–water partition coefficient (Wildman–Crippen LogP) is 2.33. The van der Waals surface area contributed by atoms with Gasteiger partial charge in [-0.3, -0.25) is 20.1 Å². The van der Waals surface area contributed by atoms with E-state index in [1.165, 1.54) is 41.9 Å². The monoisotopic (exact) mass is 595 g/mol. The molecule has 0 aromatic heterocycles. The molecular formula is C23H22FN5O9S2. The molecule has 14 nitrogen and oxygen atoms in total. The number of anilines is 1. The molecule has 0 atom stereocenters. The molecule has 212 valence electrons. The van der Waals surface area contributed by atoms with Gasteiger partial charge in [0.2, 0.25) is 15.9 Å². The number of nitro groups is 1. The van der Waals surface area contributed by atoms with Gasteiger partial charge in [0.05, 0.1) is 14.7 Å². The van der Waals surface area contributed by atoms with Gasteiger partial charge in [0.15, 0.2) is 0 Å². The number of urea groups is 1. The number of amides is 3. The second kappa shape index (κ2) is 12.6. The Morgan fingerprint density at radius 1 is 0.900 bits per heavy atom. The van der Waals surface area contributed by atoms with Gasteiger partial charge in [-0.05, 0) is 54.1 Å². The Bertz CT molecular complexity index is 1600. The second-order valence-corrected chi connectivity index (χ2v) is 11.7. The van der Waals surface area contributed by atoms with E-state index in [0.29, 0.717) is 5.56 Å². The SMILES string of the molecule is O=C(CCN(Cc1ccc([N+](=O)[O-])cc1)S(=O)(=O)c1ccc(NC(=O)NS(=O)(=O)c2ccc(F)cc2)cc1)NO. The summed E-state index contributed by atoms with van der Waals surface area (Å²) in [6.45, 7) is -0.613. The van der Waals surface area contributed by atoms with E-state index in [1.54, 1.807) is 4.72 Å². The maximum atomic E-state index is 13.3. The van der Waals surface area contributed by atoms with Crippen LogP contribution in [-0.2, 0) is 31.4 Å². The number of hydrogen-bond acceptors (Lipinski definition) is 9. The maximum absolute atomic E-state index is 13.3. The van der Waals surface area contributed by atoms with Crippen molar-refractivity contribution in [3.05, 3.63) is 94.3 Å². The minimum atomic E-state index is -4.31. The first-order chi connectivity index (χ1) is 18.8. The molecule has 0 aliphatic rings. The average molecular weight is 596 g/mol. The minimum absolute atomic E-state index is 0.0346. The minimum Gasteiger partial charge on any atom is -0.307 e. The van der Waals surface area contributed by atoms with Crippen LogP contribution < -0.4 is 15.5 Å². The normalized spacial score (nSPS) is 11.6. The molecule has 0 spiro atoms. The molecular weight excluding hydrogens is 573 g/mol. The van der Waals surface area contributed by atoms with Gasteiger partial charge in [-0.2, -0.15) is 4.31 Å². The molecule has 3 aromatic carbocycles. The number of rotatable bonds is 11. The quantitative estimate of drug-likeness (QED) is 0.146. The molecule has 0 saturated carbocycles. The predicted molar refractivity (Wildman–Crippen MR) is 137 cm³/mol. The molecule has 3 amide bonds. The van der Waals surface area contributed by atoms with Crippen molar-refractivity contribution < 1.29 is 40.9 Å². The fourth-order valence-corrected chi connectivity index (χ4v) is 5.64. The standard InChI is InChI=1S/C23H22FN5O9S2/c24-17-3-9-20(10-4-17)39(35,36)27-23(31)25-18-5-11-21(12-6-18)40(37,38)28(14-13-22(30)26-32)15-16-1-7-19(8-2-16)29(33)34/h1-12,32H,13-15H2,(H,26,30)(H2,25,27,31). The summed E-state index contributed by atoms with van der Waals surface area (Å²) in [5, 5.41) is 21.9. The number of halogens is 1. The van der Waals surface area contributed by atoms with Crippen LogP contribution in [0.25, 0.3) is 0 Å². The lowest BCUT2D eigenvalue weighted by molar-refractivity contribution is -0.384. The van der Waals surface area contributed by atoms with E-state index in [2.05, 4.69) is 5.32 Å². The molecule has 0 radical (unpaired) electrons. The summed E-state index contributed by atoms with van der Waals surface area (Å²) in [6, 6.07) is 12.4. The van der Waals surface area contributed by atoms with Crippen LogP contribution in [0.3, 0.4) is 0 Å². The lowest BCUT2D eigenvalue weighted by atomic mass is 10.2. The van der Waals surface area contributed by atoms with E-state index in [0.717, 1.165) is 40.7 Å². The molecule has 40 heavy (non-hydrogen) atoms. The summed E-state index contributed by atoms with van der Waals surface area (Å²) < 4.78 is 66.9. The number of nitrogens with zero attached hydrogens (tertiary/aromatic N) is 2. The van der Waals surface area contributed by atoms with Crippen molar-refractivity contribution >= 4 is 43.4 Å². The van der Waals surface area contributed by atoms with Crippen LogP contribution in [0.1, 0.15) is 12.0 Å². The average Bonchev–Trinajstić information content (AvgIpc) is 2.91. The Labute approximate surface area is 227 Å². The van der Waals surface area contributed by atoms with Crippen LogP contribution in [0.15, 0.2) is 82.6 Å². The number of hydrogen-bond donors (Lipinski definition) is 4. The Hall–Kier alpha value is -4.45.